The van der Waals surface area contributed by atoms with Crippen LogP contribution in [0.2, 0.25) is 0 Å². The molecule has 7 fully saturated rings. The van der Waals surface area contributed by atoms with Crippen LogP contribution in [0.15, 0.2) is 24.3 Å². The fourth-order valence-electron chi connectivity index (χ4n) is 13.2. The second-order valence-corrected chi connectivity index (χ2v) is 19.1. The van der Waals surface area contributed by atoms with Crippen LogP contribution in [-0.4, -0.2) is 76.0 Å². The highest BCUT2D eigenvalue weighted by Crippen LogP contribution is 2.90. The van der Waals surface area contributed by atoms with Crippen molar-refractivity contribution in [2.45, 2.75) is 136 Å². The zero-order valence-corrected chi connectivity index (χ0v) is 31.6. The summed E-state index contributed by atoms with van der Waals surface area (Å²) in [6.45, 7) is 16.2. The summed E-state index contributed by atoms with van der Waals surface area (Å²) < 4.78 is 32.8. The molecule has 51 heavy (non-hydrogen) atoms. The number of fused-ring (bicyclic) bond motifs is 4. The number of carbonyl (C=O) groups excluding carboxylic acids is 1. The molecule has 1 aromatic carbocycles. The third-order valence-electron chi connectivity index (χ3n) is 15.9. The maximum atomic E-state index is 13.4. The Morgan fingerprint density at radius 3 is 2.55 bits per heavy atom. The molecule has 9 heteroatoms. The molecule has 0 bridgehead atoms. The monoisotopic (exact) mass is 708 g/mol. The quantitative estimate of drug-likeness (QED) is 0.325. The SMILES string of the molecule is C[C@@H]1C[C]([C@H](O)C(C)(C)O)O[C]2[C@H]1[C@@]1(C)CC[C@@]34C[C@@]35CCC(O[C@H]3CN(C(=O)Cc6ccc(F)cc6)CCO3)C(C)(C)[C@@H]5CC[C]4[C@]1(C)[C@H]2O. The summed E-state index contributed by atoms with van der Waals surface area (Å²) in [5.74, 6) is 2.00. The lowest BCUT2D eigenvalue weighted by molar-refractivity contribution is -0.242. The number of rotatable bonds is 6. The van der Waals surface area contributed by atoms with Gasteiger partial charge in [-0.05, 0) is 122 Å². The van der Waals surface area contributed by atoms with E-state index in [1.165, 1.54) is 18.6 Å². The minimum atomic E-state index is -1.33. The summed E-state index contributed by atoms with van der Waals surface area (Å²) >= 11 is 0. The first-order valence-corrected chi connectivity index (χ1v) is 19.5. The summed E-state index contributed by atoms with van der Waals surface area (Å²) in [6, 6.07) is 6.12. The van der Waals surface area contributed by atoms with Gasteiger partial charge in [-0.25, -0.2) is 4.39 Å². The predicted molar refractivity (Wildman–Crippen MR) is 188 cm³/mol. The molecule has 0 aromatic heterocycles. The third kappa shape index (κ3) is 5.13. The summed E-state index contributed by atoms with van der Waals surface area (Å²) in [4.78, 5) is 15.0. The summed E-state index contributed by atoms with van der Waals surface area (Å²) in [6.07, 6.45) is 7.03. The number of aliphatic hydroxyl groups excluding tert-OH is 2. The first-order chi connectivity index (χ1) is 23.9. The molecule has 11 atom stereocenters. The van der Waals surface area contributed by atoms with Crippen LogP contribution in [0.1, 0.15) is 105 Å². The maximum Gasteiger partial charge on any atom is 0.227 e. The molecule has 2 aliphatic heterocycles. The average molecular weight is 709 g/mol. The first kappa shape index (κ1) is 36.4. The Kier molecular flexibility index (Phi) is 8.51. The van der Waals surface area contributed by atoms with Gasteiger partial charge in [0.15, 0.2) is 6.29 Å². The Balaban J connectivity index is 0.976. The molecular weight excluding hydrogens is 649 g/mol. The lowest BCUT2D eigenvalue weighted by atomic mass is 9.41. The van der Waals surface area contributed by atoms with E-state index in [1.807, 2.05) is 4.90 Å². The van der Waals surface area contributed by atoms with E-state index in [1.54, 1.807) is 31.9 Å². The van der Waals surface area contributed by atoms with Gasteiger partial charge < -0.3 is 34.4 Å². The Hall–Kier alpha value is -1.62. The number of ether oxygens (including phenoxy) is 3. The molecule has 3 N–H and O–H groups in total. The van der Waals surface area contributed by atoms with E-state index < -0.39 is 29.5 Å². The third-order valence-corrected chi connectivity index (χ3v) is 15.9. The fourth-order valence-corrected chi connectivity index (χ4v) is 13.2. The number of nitrogens with zero attached hydrogens (tertiary/aromatic N) is 1. The molecule has 1 amide bonds. The van der Waals surface area contributed by atoms with Crippen LogP contribution >= 0.6 is 0 Å². The highest BCUT2D eigenvalue weighted by molar-refractivity contribution is 5.78. The number of hydrogen-bond acceptors (Lipinski definition) is 7. The molecular formula is C42H59FNO7. The molecule has 5 saturated carbocycles. The molecule has 1 unspecified atom stereocenters. The van der Waals surface area contributed by atoms with Gasteiger partial charge in [0.2, 0.25) is 5.91 Å². The molecule has 2 heterocycles. The molecule has 1 aromatic rings. The van der Waals surface area contributed by atoms with Gasteiger partial charge >= 0.3 is 0 Å². The zero-order valence-electron chi connectivity index (χ0n) is 31.6. The summed E-state index contributed by atoms with van der Waals surface area (Å²) in [5, 5.41) is 34.0. The lowest BCUT2D eigenvalue weighted by Gasteiger charge is -2.63. The maximum absolute atomic E-state index is 13.4. The Morgan fingerprint density at radius 1 is 1.12 bits per heavy atom. The van der Waals surface area contributed by atoms with Gasteiger partial charge in [-0.2, -0.15) is 0 Å². The summed E-state index contributed by atoms with van der Waals surface area (Å²) in [5.41, 5.74) is -0.912. The van der Waals surface area contributed by atoms with Crippen molar-refractivity contribution in [3.05, 3.63) is 53.8 Å². The van der Waals surface area contributed by atoms with E-state index in [2.05, 4.69) is 34.6 Å². The van der Waals surface area contributed by atoms with Crippen molar-refractivity contribution in [3.8, 4) is 0 Å². The van der Waals surface area contributed by atoms with E-state index >= 15 is 0 Å². The van der Waals surface area contributed by atoms with Crippen molar-refractivity contribution in [2.24, 2.45) is 44.8 Å². The predicted octanol–water partition coefficient (Wildman–Crippen LogP) is 6.17. The molecule has 8 nitrogen and oxygen atoms in total. The number of aliphatic hydroxyl groups is 3. The Bertz CT molecular complexity index is 1510. The number of morpholine rings is 1. The van der Waals surface area contributed by atoms with E-state index in [9.17, 15) is 24.5 Å². The van der Waals surface area contributed by atoms with Gasteiger partial charge in [0, 0.05) is 17.9 Å². The van der Waals surface area contributed by atoms with Crippen molar-refractivity contribution in [2.75, 3.05) is 19.7 Å². The van der Waals surface area contributed by atoms with Crippen molar-refractivity contribution in [1.29, 1.82) is 0 Å². The van der Waals surface area contributed by atoms with Crippen molar-refractivity contribution in [1.82, 2.24) is 4.90 Å². The fraction of sp³-hybridized carbons (Fsp3) is 0.762. The Morgan fingerprint density at radius 2 is 1.84 bits per heavy atom. The van der Waals surface area contributed by atoms with Crippen LogP contribution < -0.4 is 0 Å². The van der Waals surface area contributed by atoms with E-state index in [0.29, 0.717) is 44.2 Å². The van der Waals surface area contributed by atoms with Crippen molar-refractivity contribution >= 4 is 5.91 Å². The number of halogens is 1. The molecule has 5 aliphatic carbocycles. The van der Waals surface area contributed by atoms with Crippen molar-refractivity contribution < 1.29 is 38.7 Å². The topological polar surface area (TPSA) is 109 Å². The van der Waals surface area contributed by atoms with Crippen LogP contribution in [0.25, 0.3) is 0 Å². The Labute approximate surface area is 303 Å². The van der Waals surface area contributed by atoms with Gasteiger partial charge in [-0.3, -0.25) is 4.79 Å². The van der Waals surface area contributed by atoms with E-state index in [-0.39, 0.29) is 57.7 Å². The molecule has 2 spiro atoms. The minimum absolute atomic E-state index is 0.00265. The van der Waals surface area contributed by atoms with Crippen LogP contribution in [-0.2, 0) is 25.4 Å². The minimum Gasteiger partial charge on any atom is -0.389 e. The summed E-state index contributed by atoms with van der Waals surface area (Å²) in [7, 11) is 0. The van der Waals surface area contributed by atoms with Crippen LogP contribution in [0.3, 0.4) is 0 Å². The first-order valence-electron chi connectivity index (χ1n) is 19.5. The lowest BCUT2D eigenvalue weighted by Crippen LogP contribution is -2.59. The van der Waals surface area contributed by atoms with Gasteiger partial charge in [0.1, 0.15) is 24.1 Å². The molecule has 2 saturated heterocycles. The van der Waals surface area contributed by atoms with Crippen LogP contribution in [0.5, 0.6) is 0 Å². The second-order valence-electron chi connectivity index (χ2n) is 19.1. The number of hydrogen-bond donors (Lipinski definition) is 3. The largest absolute Gasteiger partial charge is 0.389 e. The molecule has 8 rings (SSSR count). The molecule has 3 radical (unpaired) electrons. The van der Waals surface area contributed by atoms with Gasteiger partial charge in [0.25, 0.3) is 0 Å². The zero-order chi connectivity index (χ0) is 36.5. The second kappa shape index (κ2) is 11.9. The normalized spacial score (nSPS) is 44.5. The number of benzene rings is 1. The van der Waals surface area contributed by atoms with Crippen LogP contribution in [0.4, 0.5) is 4.39 Å². The van der Waals surface area contributed by atoms with E-state index in [4.69, 9.17) is 14.2 Å². The molecule has 281 valence electrons. The average Bonchev–Trinajstić information content (AvgIpc) is 3.71. The number of carbonyl (C=O) groups is 1. The smallest absolute Gasteiger partial charge is 0.227 e. The number of amides is 1. The molecule has 7 aliphatic rings. The highest BCUT2D eigenvalue weighted by Gasteiger charge is 2.85. The van der Waals surface area contributed by atoms with Gasteiger partial charge in [-0.15, -0.1) is 0 Å². The van der Waals surface area contributed by atoms with Gasteiger partial charge in [-0.1, -0.05) is 46.8 Å². The van der Waals surface area contributed by atoms with Crippen molar-refractivity contribution in [3.63, 3.8) is 0 Å². The van der Waals surface area contributed by atoms with Crippen LogP contribution in [0, 0.1) is 68.8 Å². The highest BCUT2D eigenvalue weighted by atomic mass is 19.1. The van der Waals surface area contributed by atoms with Gasteiger partial charge in [0.05, 0.1) is 37.4 Å². The standard InChI is InChI=1S/C42H59FNO7/c1-24-20-27(35(46)38(4,5)48)50-34-33(24)39(6)16-17-42-23-41(42)15-14-30(37(2,3)28(41)12-13-29(42)40(39,7)36(34)47)51-32-22-44(18-19-49-32)31(45)21-25-8-10-26(43)11-9-25/h8-11,24,28,30,32-33,35-36,46-48H,12-23H2,1-7H3/t24-,28+,30?,32+,33+,35+,36+,39-,40-,41-,42+/m1/s1. The van der Waals surface area contributed by atoms with E-state index in [0.717, 1.165) is 44.1 Å².